The minimum atomic E-state index is -0.278. The molecule has 0 bridgehead atoms. The van der Waals surface area contributed by atoms with Gasteiger partial charge in [-0.15, -0.1) is 0 Å². The molecule has 0 aliphatic heterocycles. The van der Waals surface area contributed by atoms with Gasteiger partial charge in [0.05, 0.1) is 0 Å². The predicted molar refractivity (Wildman–Crippen MR) is 90.3 cm³/mol. The maximum absolute atomic E-state index is 11.1. The topological polar surface area (TPSA) is 17.1 Å². The Morgan fingerprint density at radius 3 is 2.38 bits per heavy atom. The van der Waals surface area contributed by atoms with Crippen molar-refractivity contribution < 1.29 is 9.72 Å². The van der Waals surface area contributed by atoms with Crippen LogP contribution in [0.1, 0.15) is 23.1 Å². The van der Waals surface area contributed by atoms with Crippen molar-refractivity contribution in [2.24, 2.45) is 0 Å². The second-order valence-corrected chi connectivity index (χ2v) is 39.0. The zero-order valence-corrected chi connectivity index (χ0v) is 16.7. The molecule has 1 nitrogen and oxygen atoms in total. The number of benzene rings is 1. The Balaban J connectivity index is 0.000000280. The van der Waals surface area contributed by atoms with E-state index in [-0.39, 0.29) is 4.92 Å². The average Bonchev–Trinajstić information content (AvgIpc) is 2.17. The van der Waals surface area contributed by atoms with Gasteiger partial charge in [0.1, 0.15) is 5.78 Å². The third-order valence-electron chi connectivity index (χ3n) is 2.42. The number of hydrogen-bond acceptors (Lipinski definition) is 1. The first-order chi connectivity index (χ1) is 7.49. The summed E-state index contributed by atoms with van der Waals surface area (Å²) < 4.78 is 0. The van der Waals surface area contributed by atoms with E-state index in [4.69, 9.17) is 0 Å². The van der Waals surface area contributed by atoms with Crippen LogP contribution in [0.2, 0.25) is 0 Å². The molecule has 0 amide bonds. The number of rotatable bonds is 0. The van der Waals surface area contributed by atoms with Crippen molar-refractivity contribution in [3.05, 3.63) is 34.9 Å². The molecule has 0 saturated carbocycles. The van der Waals surface area contributed by atoms with Gasteiger partial charge in [0.25, 0.3) is 0 Å². The summed E-state index contributed by atoms with van der Waals surface area (Å²) in [6, 6.07) is 6.36. The van der Waals surface area contributed by atoms with Crippen molar-refractivity contribution in [3.8, 4) is 0 Å². The van der Waals surface area contributed by atoms with Gasteiger partial charge in [-0.3, -0.25) is 4.79 Å². The fourth-order valence-corrected chi connectivity index (χ4v) is 1.73. The van der Waals surface area contributed by atoms with E-state index in [1.54, 1.807) is 0 Å². The Morgan fingerprint density at radius 1 is 1.12 bits per heavy atom. The summed E-state index contributed by atoms with van der Waals surface area (Å²) in [5.41, 5.74) is 3.90. The summed E-state index contributed by atoms with van der Waals surface area (Å²) in [6.07, 6.45) is 2.32. The van der Waals surface area contributed by atoms with Gasteiger partial charge in [0.15, 0.2) is 0 Å². The molecule has 0 N–H and O–H groups in total. The van der Waals surface area contributed by atoms with Crippen molar-refractivity contribution in [2.75, 3.05) is 0 Å². The third-order valence-corrected chi connectivity index (χ3v) is 2.42. The molecular formula is C11H12I3OV. The molecule has 0 radical (unpaired) electrons. The van der Waals surface area contributed by atoms with Crippen molar-refractivity contribution in [1.29, 1.82) is 0 Å². The van der Waals surface area contributed by atoms with Crippen molar-refractivity contribution in [3.63, 3.8) is 0 Å². The maximum atomic E-state index is 11.1. The average molecular weight is 592 g/mol. The number of ketones is 1. The van der Waals surface area contributed by atoms with Gasteiger partial charge in [-0.2, -0.15) is 0 Å². The van der Waals surface area contributed by atoms with Crippen LogP contribution in [0.15, 0.2) is 18.2 Å². The number of halogens is 3. The molecule has 0 spiro atoms. The molecule has 0 atom stereocenters. The second kappa shape index (κ2) is 7.96. The van der Waals surface area contributed by atoms with Gasteiger partial charge >= 0.3 is 64.9 Å². The fourth-order valence-electron chi connectivity index (χ4n) is 1.73. The van der Waals surface area contributed by atoms with Crippen LogP contribution in [-0.4, -0.2) is 5.78 Å². The monoisotopic (exact) mass is 592 g/mol. The van der Waals surface area contributed by atoms with Crippen LogP contribution in [-0.2, 0) is 22.6 Å². The number of Topliss-reactive ketones (excluding diaryl/α,β-unsaturated/α-hetero) is 1. The molecule has 1 aliphatic rings. The van der Waals surface area contributed by atoms with Gasteiger partial charge in [0, 0.05) is 12.8 Å². The van der Waals surface area contributed by atoms with E-state index in [2.05, 4.69) is 85.1 Å². The van der Waals surface area contributed by atoms with Crippen molar-refractivity contribution in [1.82, 2.24) is 0 Å². The van der Waals surface area contributed by atoms with E-state index in [0.29, 0.717) is 12.2 Å². The van der Waals surface area contributed by atoms with Gasteiger partial charge in [0.2, 0.25) is 0 Å². The number of aryl methyl sites for hydroxylation is 2. The summed E-state index contributed by atoms with van der Waals surface area (Å²) in [5.74, 6) is 0.381. The Bertz CT molecular complexity index is 377. The zero-order valence-electron chi connectivity index (χ0n) is 8.84. The Kier molecular flexibility index (Phi) is 7.82. The molecule has 1 aromatic rings. The van der Waals surface area contributed by atoms with E-state index < -0.39 is 0 Å². The quantitative estimate of drug-likeness (QED) is 0.400. The Morgan fingerprint density at radius 2 is 1.75 bits per heavy atom. The Hall–Kier alpha value is 1.66. The van der Waals surface area contributed by atoms with Crippen LogP contribution in [0.25, 0.3) is 0 Å². The van der Waals surface area contributed by atoms with Crippen molar-refractivity contribution in [2.45, 2.75) is 26.2 Å². The molecule has 0 fully saturated rings. The zero-order chi connectivity index (χ0) is 12.1. The normalized spacial score (nSPS) is 14.2. The van der Waals surface area contributed by atoms with E-state index in [1.807, 2.05) is 0 Å². The summed E-state index contributed by atoms with van der Waals surface area (Å²) >= 11 is 7.39. The van der Waals surface area contributed by atoms with Crippen LogP contribution in [0.4, 0.5) is 0 Å². The SMILES string of the molecule is Cc1ccc2c(c1)CCC(=O)C2.[I][V]([I])[I]. The second-order valence-electron chi connectivity index (χ2n) is 3.68. The van der Waals surface area contributed by atoms with Crippen LogP contribution in [0.3, 0.4) is 0 Å². The number of fused-ring (bicyclic) bond motifs is 1. The van der Waals surface area contributed by atoms with E-state index in [0.717, 1.165) is 12.8 Å². The molecule has 88 valence electrons. The predicted octanol–water partition coefficient (Wildman–Crippen LogP) is 4.71. The Labute approximate surface area is 134 Å². The number of hydrogen-bond donors (Lipinski definition) is 0. The molecule has 16 heavy (non-hydrogen) atoms. The van der Waals surface area contributed by atoms with Crippen molar-refractivity contribution >= 4 is 65.7 Å². The van der Waals surface area contributed by atoms with Gasteiger partial charge in [-0.05, 0) is 24.5 Å². The fraction of sp³-hybridized carbons (Fsp3) is 0.364. The minimum absolute atomic E-state index is 0.278. The third kappa shape index (κ3) is 6.02. The molecule has 1 aliphatic carbocycles. The molecule has 0 unspecified atom stereocenters. The van der Waals surface area contributed by atoms with Gasteiger partial charge < -0.3 is 0 Å². The van der Waals surface area contributed by atoms with E-state index in [9.17, 15) is 4.79 Å². The molecule has 0 heterocycles. The van der Waals surface area contributed by atoms with Gasteiger partial charge in [-0.1, -0.05) is 23.8 Å². The molecule has 1 aromatic carbocycles. The summed E-state index contributed by atoms with van der Waals surface area (Å²) in [5, 5.41) is 0. The first-order valence-corrected chi connectivity index (χ1v) is 18.4. The molecular weight excluding hydrogens is 580 g/mol. The van der Waals surface area contributed by atoms with Crippen LogP contribution in [0.5, 0.6) is 0 Å². The first kappa shape index (κ1) is 15.7. The van der Waals surface area contributed by atoms with Crippen LogP contribution >= 0.6 is 59.9 Å². The van der Waals surface area contributed by atoms with Gasteiger partial charge in [-0.25, -0.2) is 0 Å². The summed E-state index contributed by atoms with van der Waals surface area (Å²) in [6.45, 7) is 2.09. The summed E-state index contributed by atoms with van der Waals surface area (Å²) in [7, 11) is 0. The standard InChI is InChI=1S/C11H12O.3HI.V/c1-8-2-3-10-7-11(12)5-4-9(10)6-8;;;;/h2-3,6H,4-5,7H2,1H3;3*1H;/q;;;;+3/p-3. The number of carbonyl (C=O) groups excluding carboxylic acids is 1. The molecule has 0 saturated heterocycles. The van der Waals surface area contributed by atoms with Crippen LogP contribution < -0.4 is 0 Å². The molecule has 5 heteroatoms. The molecule has 2 rings (SSSR count). The van der Waals surface area contributed by atoms with Crippen LogP contribution in [0, 0.1) is 6.92 Å². The van der Waals surface area contributed by atoms with E-state index >= 15 is 0 Å². The summed E-state index contributed by atoms with van der Waals surface area (Å²) in [4.78, 5) is 10.8. The molecule has 0 aromatic heterocycles. The first-order valence-electron chi connectivity index (χ1n) is 4.86. The number of carbonyl (C=O) groups is 1. The van der Waals surface area contributed by atoms with E-state index in [1.165, 1.54) is 16.7 Å².